The smallest absolute Gasteiger partial charge is 0.369 e. The number of hydrogen-bond acceptors (Lipinski definition) is 4. The van der Waals surface area contributed by atoms with Gasteiger partial charge in [0.1, 0.15) is 0 Å². The maximum atomic E-state index is 13.9. The van der Waals surface area contributed by atoms with E-state index in [2.05, 4.69) is 10.3 Å². The van der Waals surface area contributed by atoms with E-state index in [4.69, 9.17) is 5.73 Å². The van der Waals surface area contributed by atoms with E-state index in [0.29, 0.717) is 11.6 Å². The number of fused-ring (bicyclic) bond motifs is 1. The van der Waals surface area contributed by atoms with Gasteiger partial charge in [-0.25, -0.2) is 4.99 Å². The third-order valence-corrected chi connectivity index (χ3v) is 6.62. The second-order valence-corrected chi connectivity index (χ2v) is 9.90. The fraction of sp³-hybridized carbons (Fsp3) is 0.407. The van der Waals surface area contributed by atoms with Crippen molar-refractivity contribution in [3.63, 3.8) is 0 Å². The number of benzodiazepines with no additional fused rings is 1. The van der Waals surface area contributed by atoms with Crippen molar-refractivity contribution in [2.75, 3.05) is 5.32 Å². The van der Waals surface area contributed by atoms with E-state index in [0.717, 1.165) is 6.07 Å². The minimum Gasteiger partial charge on any atom is -0.369 e. The number of halogens is 9. The SMILES string of the molecule is Cc1cccc(C2=N[C@H](NC(=O)C(CCC(F)(F)F)C(CCC(F)(F)F)C(N)=O)C(=O)Nc3c2cccc3C(F)(F)F)c1. The summed E-state index contributed by atoms with van der Waals surface area (Å²) >= 11 is 0. The summed E-state index contributed by atoms with van der Waals surface area (Å²) in [5.74, 6) is -8.38. The van der Waals surface area contributed by atoms with Crippen molar-refractivity contribution in [3.05, 3.63) is 64.7 Å². The fourth-order valence-electron chi connectivity index (χ4n) is 4.63. The number of carbonyl (C=O) groups is 3. The fourth-order valence-corrected chi connectivity index (χ4v) is 4.63. The second kappa shape index (κ2) is 12.6. The molecular formula is C27H25F9N4O3. The summed E-state index contributed by atoms with van der Waals surface area (Å²) in [6.45, 7) is 1.66. The zero-order valence-electron chi connectivity index (χ0n) is 22.3. The van der Waals surface area contributed by atoms with E-state index >= 15 is 0 Å². The van der Waals surface area contributed by atoms with Gasteiger partial charge in [0.05, 0.1) is 17.0 Å². The molecular weight excluding hydrogens is 599 g/mol. The summed E-state index contributed by atoms with van der Waals surface area (Å²) in [7, 11) is 0. The monoisotopic (exact) mass is 624 g/mol. The number of anilines is 1. The van der Waals surface area contributed by atoms with Crippen LogP contribution >= 0.6 is 0 Å². The topological polar surface area (TPSA) is 114 Å². The molecule has 1 aliphatic heterocycles. The minimum atomic E-state index is -4.95. The number of nitrogens with one attached hydrogen (secondary N) is 2. The van der Waals surface area contributed by atoms with Crippen LogP contribution in [0, 0.1) is 18.8 Å². The molecule has 2 aromatic carbocycles. The standard InChI is InChI=1S/C27H25F9N4O3/c1-13-4-2-5-14(12-13)19-17-6-3-7-18(27(34,35)36)20(17)39-24(43)22(38-19)40-23(42)16(9-11-26(31,32)33)15(21(37)41)8-10-25(28,29)30/h2-7,12,15-16,22H,8-11H2,1H3,(H2,37,41)(H,39,43)(H,40,42)/t15?,16?,22-/m1/s1. The van der Waals surface area contributed by atoms with Crippen LogP contribution in [0.4, 0.5) is 45.2 Å². The molecule has 234 valence electrons. The predicted octanol–water partition coefficient (Wildman–Crippen LogP) is 5.65. The largest absolute Gasteiger partial charge is 0.418 e. The number of alkyl halides is 9. The highest BCUT2D eigenvalue weighted by molar-refractivity contribution is 6.20. The maximum Gasteiger partial charge on any atom is 0.418 e. The van der Waals surface area contributed by atoms with Crippen LogP contribution in [0.25, 0.3) is 0 Å². The molecule has 3 atom stereocenters. The van der Waals surface area contributed by atoms with E-state index in [-0.39, 0.29) is 16.8 Å². The number of aliphatic imine (C=N–C) groups is 1. The molecule has 7 nitrogen and oxygen atoms in total. The van der Waals surface area contributed by atoms with Crippen molar-refractivity contribution < 1.29 is 53.9 Å². The molecule has 2 aromatic rings. The van der Waals surface area contributed by atoms with Gasteiger partial charge in [0.2, 0.25) is 18.0 Å². The molecule has 0 fully saturated rings. The van der Waals surface area contributed by atoms with Crippen molar-refractivity contribution >= 4 is 29.1 Å². The molecule has 0 saturated carbocycles. The van der Waals surface area contributed by atoms with Gasteiger partial charge < -0.3 is 16.4 Å². The van der Waals surface area contributed by atoms with Gasteiger partial charge in [0, 0.05) is 35.8 Å². The van der Waals surface area contributed by atoms with Crippen LogP contribution in [0.5, 0.6) is 0 Å². The number of amides is 3. The molecule has 1 heterocycles. The molecule has 0 spiro atoms. The number of primary amides is 1. The summed E-state index contributed by atoms with van der Waals surface area (Å²) in [6, 6.07) is 9.15. The second-order valence-electron chi connectivity index (χ2n) is 9.90. The maximum absolute atomic E-state index is 13.9. The lowest BCUT2D eigenvalue weighted by Crippen LogP contribution is -2.48. The Morgan fingerprint density at radius 3 is 2.05 bits per heavy atom. The average Bonchev–Trinajstić information content (AvgIpc) is 2.99. The average molecular weight is 625 g/mol. The first-order chi connectivity index (χ1) is 19.8. The lowest BCUT2D eigenvalue weighted by atomic mass is 9.83. The molecule has 3 rings (SSSR count). The number of nitrogens with zero attached hydrogens (tertiary/aromatic N) is 1. The molecule has 1 aliphatic rings. The van der Waals surface area contributed by atoms with Crippen molar-refractivity contribution in [1.29, 1.82) is 0 Å². The number of hydrogen-bond donors (Lipinski definition) is 3. The van der Waals surface area contributed by atoms with Gasteiger partial charge in [-0.3, -0.25) is 14.4 Å². The number of para-hydroxylation sites is 1. The molecule has 0 bridgehead atoms. The lowest BCUT2D eigenvalue weighted by molar-refractivity contribution is -0.152. The van der Waals surface area contributed by atoms with Gasteiger partial charge >= 0.3 is 18.5 Å². The Balaban J connectivity index is 2.08. The first-order valence-electron chi connectivity index (χ1n) is 12.7. The Labute approximate surface area is 238 Å². The van der Waals surface area contributed by atoms with Gasteiger partial charge in [-0.2, -0.15) is 39.5 Å². The van der Waals surface area contributed by atoms with E-state index in [1.54, 1.807) is 19.1 Å². The molecule has 4 N–H and O–H groups in total. The highest BCUT2D eigenvalue weighted by Crippen LogP contribution is 2.39. The Bertz CT molecular complexity index is 1400. The van der Waals surface area contributed by atoms with Crippen LogP contribution in [-0.2, 0) is 20.6 Å². The van der Waals surface area contributed by atoms with Crippen LogP contribution in [-0.4, -0.2) is 42.0 Å². The number of aryl methyl sites for hydroxylation is 1. The van der Waals surface area contributed by atoms with Crippen LogP contribution < -0.4 is 16.4 Å². The third-order valence-electron chi connectivity index (χ3n) is 6.62. The first kappa shape index (κ1) is 33.4. The van der Waals surface area contributed by atoms with Crippen LogP contribution in [0.1, 0.15) is 47.9 Å². The molecule has 3 amide bonds. The van der Waals surface area contributed by atoms with E-state index in [9.17, 15) is 53.9 Å². The normalized spacial score (nSPS) is 17.2. The summed E-state index contributed by atoms with van der Waals surface area (Å²) in [5, 5.41) is 4.06. The van der Waals surface area contributed by atoms with E-state index < -0.39 is 91.2 Å². The molecule has 0 aromatic heterocycles. The zero-order valence-corrected chi connectivity index (χ0v) is 22.3. The number of nitrogens with two attached hydrogens (primary N) is 1. The van der Waals surface area contributed by atoms with Gasteiger partial charge in [-0.1, -0.05) is 35.9 Å². The number of rotatable bonds is 9. The van der Waals surface area contributed by atoms with Crippen molar-refractivity contribution in [2.24, 2.45) is 22.6 Å². The Morgan fingerprint density at radius 2 is 1.51 bits per heavy atom. The number of benzene rings is 2. The Morgan fingerprint density at radius 1 is 0.930 bits per heavy atom. The van der Waals surface area contributed by atoms with Gasteiger partial charge in [-0.15, -0.1) is 0 Å². The predicted molar refractivity (Wildman–Crippen MR) is 136 cm³/mol. The first-order valence-corrected chi connectivity index (χ1v) is 12.7. The Kier molecular flexibility index (Phi) is 9.81. The quantitative estimate of drug-likeness (QED) is 0.314. The minimum absolute atomic E-state index is 0.195. The summed E-state index contributed by atoms with van der Waals surface area (Å²) in [6.07, 6.45) is -22.3. The molecule has 2 unspecified atom stereocenters. The van der Waals surface area contributed by atoms with E-state index in [1.165, 1.54) is 18.2 Å². The van der Waals surface area contributed by atoms with Crippen LogP contribution in [0.3, 0.4) is 0 Å². The summed E-state index contributed by atoms with van der Waals surface area (Å²) in [5.41, 5.74) is 3.67. The van der Waals surface area contributed by atoms with Gasteiger partial charge in [-0.05, 0) is 31.9 Å². The molecule has 16 heteroatoms. The Hall–Kier alpha value is -4.11. The third kappa shape index (κ3) is 8.94. The molecule has 43 heavy (non-hydrogen) atoms. The molecule has 0 aliphatic carbocycles. The molecule has 0 radical (unpaired) electrons. The number of carbonyl (C=O) groups excluding carboxylic acids is 3. The van der Waals surface area contributed by atoms with Crippen molar-refractivity contribution in [3.8, 4) is 0 Å². The van der Waals surface area contributed by atoms with Crippen LogP contribution in [0.15, 0.2) is 47.5 Å². The lowest BCUT2D eigenvalue weighted by Gasteiger charge is -2.26. The molecule has 0 saturated heterocycles. The van der Waals surface area contributed by atoms with Crippen LogP contribution in [0.2, 0.25) is 0 Å². The van der Waals surface area contributed by atoms with Crippen molar-refractivity contribution in [2.45, 2.75) is 57.3 Å². The highest BCUT2D eigenvalue weighted by atomic mass is 19.4. The highest BCUT2D eigenvalue weighted by Gasteiger charge is 2.42. The summed E-state index contributed by atoms with van der Waals surface area (Å²) in [4.78, 5) is 42.5. The van der Waals surface area contributed by atoms with Crippen molar-refractivity contribution in [1.82, 2.24) is 5.32 Å². The van der Waals surface area contributed by atoms with Gasteiger partial charge in [0.25, 0.3) is 5.91 Å². The summed E-state index contributed by atoms with van der Waals surface area (Å²) < 4.78 is 119. The van der Waals surface area contributed by atoms with Gasteiger partial charge in [0.15, 0.2) is 0 Å². The zero-order chi connectivity index (χ0) is 32.3. The van der Waals surface area contributed by atoms with E-state index in [1.807, 2.05) is 5.32 Å².